The Bertz CT molecular complexity index is 372. The van der Waals surface area contributed by atoms with Crippen molar-refractivity contribution in [3.8, 4) is 5.75 Å². The van der Waals surface area contributed by atoms with E-state index in [-0.39, 0.29) is 18.8 Å². The van der Waals surface area contributed by atoms with E-state index < -0.39 is 13.0 Å². The Morgan fingerprint density at radius 2 is 2.00 bits per heavy atom. The molecule has 2 N–H and O–H groups in total. The lowest BCUT2D eigenvalue weighted by Crippen LogP contribution is -2.15. The van der Waals surface area contributed by atoms with Gasteiger partial charge in [-0.05, 0) is 38.0 Å². The highest BCUT2D eigenvalue weighted by molar-refractivity contribution is 5.30. The Morgan fingerprint density at radius 1 is 1.26 bits per heavy atom. The van der Waals surface area contributed by atoms with Gasteiger partial charge in [0, 0.05) is 12.6 Å². The van der Waals surface area contributed by atoms with Crippen LogP contribution < -0.4 is 10.5 Å². The number of benzene rings is 1. The summed E-state index contributed by atoms with van der Waals surface area (Å²) in [7, 11) is 0. The third kappa shape index (κ3) is 6.50. The average Bonchev–Trinajstić information content (AvgIpc) is 2.33. The van der Waals surface area contributed by atoms with E-state index in [1.165, 1.54) is 0 Å². The molecule has 1 rings (SSSR count). The fourth-order valence-electron chi connectivity index (χ4n) is 1.64. The molecule has 0 heterocycles. The zero-order valence-electron chi connectivity index (χ0n) is 11.3. The molecule has 108 valence electrons. The second kappa shape index (κ2) is 8.07. The van der Waals surface area contributed by atoms with Gasteiger partial charge in [-0.1, -0.05) is 12.1 Å². The maximum absolute atomic E-state index is 11.9. The minimum atomic E-state index is -2.43. The number of rotatable bonds is 8. The second-order valence-electron chi connectivity index (χ2n) is 4.60. The van der Waals surface area contributed by atoms with E-state index >= 15 is 0 Å². The van der Waals surface area contributed by atoms with Gasteiger partial charge in [0.2, 0.25) is 0 Å². The highest BCUT2D eigenvalue weighted by Crippen LogP contribution is 2.20. The monoisotopic (exact) mass is 273 g/mol. The van der Waals surface area contributed by atoms with Crippen LogP contribution in [0.2, 0.25) is 0 Å². The molecule has 0 aliphatic rings. The van der Waals surface area contributed by atoms with Crippen molar-refractivity contribution in [2.45, 2.75) is 38.8 Å². The van der Waals surface area contributed by atoms with Crippen LogP contribution in [-0.4, -0.2) is 25.7 Å². The molecule has 0 amide bonds. The summed E-state index contributed by atoms with van der Waals surface area (Å²) < 4.78 is 34.2. The van der Waals surface area contributed by atoms with E-state index in [0.29, 0.717) is 6.42 Å². The number of ether oxygens (including phenoxy) is 2. The van der Waals surface area contributed by atoms with Gasteiger partial charge in [-0.2, -0.15) is 0 Å². The van der Waals surface area contributed by atoms with Crippen LogP contribution in [0.4, 0.5) is 8.78 Å². The van der Waals surface area contributed by atoms with Crippen LogP contribution in [-0.2, 0) is 4.74 Å². The number of nitrogens with two attached hydrogens (primary N) is 1. The molecular weight excluding hydrogens is 252 g/mol. The summed E-state index contributed by atoms with van der Waals surface area (Å²) in [6.45, 7) is 3.58. The van der Waals surface area contributed by atoms with Crippen molar-refractivity contribution in [3.05, 3.63) is 29.8 Å². The first-order valence-corrected chi connectivity index (χ1v) is 6.37. The fourth-order valence-corrected chi connectivity index (χ4v) is 1.64. The molecule has 1 unspecified atom stereocenters. The van der Waals surface area contributed by atoms with Gasteiger partial charge in [0.15, 0.2) is 0 Å². The molecule has 0 bridgehead atoms. The summed E-state index contributed by atoms with van der Waals surface area (Å²) in [6.07, 6.45) is -1.84. The molecule has 0 aromatic heterocycles. The summed E-state index contributed by atoms with van der Waals surface area (Å²) in [5.41, 5.74) is 6.90. The van der Waals surface area contributed by atoms with Crippen LogP contribution >= 0.6 is 0 Å². The van der Waals surface area contributed by atoms with E-state index in [0.717, 1.165) is 11.3 Å². The Balaban J connectivity index is 2.45. The molecule has 0 radical (unpaired) electrons. The Morgan fingerprint density at radius 3 is 2.63 bits per heavy atom. The van der Waals surface area contributed by atoms with Crippen molar-refractivity contribution in [2.75, 3.05) is 13.2 Å². The predicted molar refractivity (Wildman–Crippen MR) is 70.6 cm³/mol. The molecule has 5 heteroatoms. The lowest BCUT2D eigenvalue weighted by atomic mass is 10.0. The molecule has 19 heavy (non-hydrogen) atoms. The van der Waals surface area contributed by atoms with E-state index in [1.54, 1.807) is 0 Å². The summed E-state index contributed by atoms with van der Waals surface area (Å²) in [5, 5.41) is 0. The van der Waals surface area contributed by atoms with Crippen molar-refractivity contribution in [1.29, 1.82) is 0 Å². The summed E-state index contributed by atoms with van der Waals surface area (Å²) in [6, 6.07) is 7.26. The Kier molecular flexibility index (Phi) is 6.73. The van der Waals surface area contributed by atoms with Gasteiger partial charge in [0.1, 0.15) is 12.4 Å². The maximum atomic E-state index is 11.9. The molecule has 0 aliphatic carbocycles. The lowest BCUT2D eigenvalue weighted by Gasteiger charge is -2.15. The largest absolute Gasteiger partial charge is 0.491 e. The maximum Gasteiger partial charge on any atom is 0.261 e. The van der Waals surface area contributed by atoms with Gasteiger partial charge in [0.05, 0.1) is 6.10 Å². The topological polar surface area (TPSA) is 44.5 Å². The zero-order valence-corrected chi connectivity index (χ0v) is 11.3. The van der Waals surface area contributed by atoms with E-state index in [1.807, 2.05) is 38.1 Å². The Labute approximate surface area is 112 Å². The highest BCUT2D eigenvalue weighted by atomic mass is 19.3. The average molecular weight is 273 g/mol. The van der Waals surface area contributed by atoms with Crippen LogP contribution in [0.5, 0.6) is 5.75 Å². The molecule has 0 saturated carbocycles. The van der Waals surface area contributed by atoms with Crippen molar-refractivity contribution < 1.29 is 18.3 Å². The predicted octanol–water partition coefficient (Wildman–Crippen LogP) is 3.15. The number of halogens is 2. The standard InChI is InChI=1S/C14H21F2NO2/c1-10(2)19-12-5-3-4-11(8-12)13(17)6-7-18-9-14(15)16/h3-5,8,10,13-14H,6-7,9,17H2,1-2H3. The normalized spacial score (nSPS) is 13.0. The quantitative estimate of drug-likeness (QED) is 0.740. The first-order chi connectivity index (χ1) is 8.99. The molecule has 0 aliphatic heterocycles. The SMILES string of the molecule is CC(C)Oc1cccc(C(N)CCOCC(F)F)c1. The molecule has 1 aromatic carbocycles. The minimum Gasteiger partial charge on any atom is -0.491 e. The molecule has 0 saturated heterocycles. The molecular formula is C14H21F2NO2. The molecule has 3 nitrogen and oxygen atoms in total. The van der Waals surface area contributed by atoms with Crippen molar-refractivity contribution >= 4 is 0 Å². The van der Waals surface area contributed by atoms with Gasteiger partial charge in [-0.25, -0.2) is 8.78 Å². The third-order valence-corrected chi connectivity index (χ3v) is 2.48. The van der Waals surface area contributed by atoms with E-state index in [2.05, 4.69) is 0 Å². The number of alkyl halides is 2. The first-order valence-electron chi connectivity index (χ1n) is 6.37. The van der Waals surface area contributed by atoms with E-state index in [9.17, 15) is 8.78 Å². The molecule has 1 aromatic rings. The van der Waals surface area contributed by atoms with Crippen molar-refractivity contribution in [1.82, 2.24) is 0 Å². The van der Waals surface area contributed by atoms with Crippen molar-refractivity contribution in [2.24, 2.45) is 5.73 Å². The van der Waals surface area contributed by atoms with Crippen LogP contribution in [0.25, 0.3) is 0 Å². The van der Waals surface area contributed by atoms with Crippen LogP contribution in [0.3, 0.4) is 0 Å². The highest BCUT2D eigenvalue weighted by Gasteiger charge is 2.09. The summed E-state index contributed by atoms with van der Waals surface area (Å²) in [4.78, 5) is 0. The lowest BCUT2D eigenvalue weighted by molar-refractivity contribution is 0.0152. The second-order valence-corrected chi connectivity index (χ2v) is 4.60. The number of hydrogen-bond acceptors (Lipinski definition) is 3. The van der Waals surface area contributed by atoms with Gasteiger partial charge < -0.3 is 15.2 Å². The zero-order chi connectivity index (χ0) is 14.3. The van der Waals surface area contributed by atoms with Gasteiger partial charge in [-0.15, -0.1) is 0 Å². The molecule has 0 spiro atoms. The summed E-state index contributed by atoms with van der Waals surface area (Å²) >= 11 is 0. The first kappa shape index (κ1) is 15.9. The van der Waals surface area contributed by atoms with Gasteiger partial charge in [0.25, 0.3) is 6.43 Å². The third-order valence-electron chi connectivity index (χ3n) is 2.48. The van der Waals surface area contributed by atoms with Crippen LogP contribution in [0, 0.1) is 0 Å². The van der Waals surface area contributed by atoms with Crippen LogP contribution in [0.1, 0.15) is 31.9 Å². The van der Waals surface area contributed by atoms with Crippen LogP contribution in [0.15, 0.2) is 24.3 Å². The van der Waals surface area contributed by atoms with Gasteiger partial charge in [-0.3, -0.25) is 0 Å². The fraction of sp³-hybridized carbons (Fsp3) is 0.571. The molecule has 1 atom stereocenters. The smallest absolute Gasteiger partial charge is 0.261 e. The van der Waals surface area contributed by atoms with E-state index in [4.69, 9.17) is 15.2 Å². The summed E-state index contributed by atoms with van der Waals surface area (Å²) in [5.74, 6) is 0.761. The molecule has 0 fully saturated rings. The van der Waals surface area contributed by atoms with Gasteiger partial charge >= 0.3 is 0 Å². The minimum absolute atomic E-state index is 0.0980. The Hall–Kier alpha value is -1.20. The number of hydrogen-bond donors (Lipinski definition) is 1. The van der Waals surface area contributed by atoms with Crippen molar-refractivity contribution in [3.63, 3.8) is 0 Å².